The third-order valence-electron chi connectivity index (χ3n) is 3.03. The van der Waals surface area contributed by atoms with Crippen LogP contribution in [0.25, 0.3) is 11.1 Å². The fraction of sp³-hybridized carbons (Fsp3) is 0.200. The van der Waals surface area contributed by atoms with Gasteiger partial charge in [0.05, 0.1) is 11.3 Å². The Labute approximate surface area is 115 Å². The van der Waals surface area contributed by atoms with Gasteiger partial charge < -0.3 is 4.90 Å². The highest BCUT2D eigenvalue weighted by Crippen LogP contribution is 2.32. The molecule has 0 aliphatic rings. The van der Waals surface area contributed by atoms with Gasteiger partial charge in [-0.1, -0.05) is 0 Å². The largest absolute Gasteiger partial charge is 0.310 e. The summed E-state index contributed by atoms with van der Waals surface area (Å²) in [5.41, 5.74) is 0.314. The first-order chi connectivity index (χ1) is 9.56. The van der Waals surface area contributed by atoms with Crippen LogP contribution in [0.4, 0.5) is 14.5 Å². The number of hydrogen-bond acceptors (Lipinski definition) is 2. The van der Waals surface area contributed by atoms with E-state index >= 15 is 0 Å². The van der Waals surface area contributed by atoms with Gasteiger partial charge in [-0.3, -0.25) is 9.78 Å². The quantitative estimate of drug-likeness (QED) is 0.860. The molecule has 0 fully saturated rings. The lowest BCUT2D eigenvalue weighted by atomic mass is 10.0. The smallest absolute Gasteiger partial charge is 0.223 e. The van der Waals surface area contributed by atoms with Crippen LogP contribution in [0.2, 0.25) is 0 Å². The summed E-state index contributed by atoms with van der Waals surface area (Å²) in [5.74, 6) is -1.70. The Kier molecular flexibility index (Phi) is 4.08. The molecule has 2 rings (SSSR count). The van der Waals surface area contributed by atoms with Gasteiger partial charge in [-0.25, -0.2) is 8.78 Å². The number of aromatic nitrogens is 1. The van der Waals surface area contributed by atoms with Gasteiger partial charge in [0.1, 0.15) is 5.82 Å². The number of benzene rings is 1. The molecule has 1 amide bonds. The predicted octanol–water partition coefficient (Wildman–Crippen LogP) is 3.40. The van der Waals surface area contributed by atoms with Crippen LogP contribution in [0.3, 0.4) is 0 Å². The average molecular weight is 276 g/mol. The third-order valence-corrected chi connectivity index (χ3v) is 3.03. The Hall–Kier alpha value is -2.30. The lowest BCUT2D eigenvalue weighted by molar-refractivity contribution is -0.116. The number of amides is 1. The van der Waals surface area contributed by atoms with Gasteiger partial charge in [0, 0.05) is 25.9 Å². The summed E-state index contributed by atoms with van der Waals surface area (Å²) in [4.78, 5) is 16.6. The van der Waals surface area contributed by atoms with Crippen LogP contribution in [-0.2, 0) is 4.79 Å². The number of anilines is 1. The molecule has 0 radical (unpaired) electrons. The van der Waals surface area contributed by atoms with Crippen molar-refractivity contribution < 1.29 is 13.6 Å². The van der Waals surface area contributed by atoms with Gasteiger partial charge in [0.15, 0.2) is 5.82 Å². The molecule has 0 aliphatic carbocycles. The molecule has 0 atom stereocenters. The third kappa shape index (κ3) is 2.52. The number of hydrogen-bond donors (Lipinski definition) is 0. The van der Waals surface area contributed by atoms with Crippen molar-refractivity contribution in [2.75, 3.05) is 11.4 Å². The van der Waals surface area contributed by atoms with Gasteiger partial charge in [-0.05, 0) is 36.8 Å². The van der Waals surface area contributed by atoms with Crippen molar-refractivity contribution in [3.05, 3.63) is 48.3 Å². The van der Waals surface area contributed by atoms with Crippen molar-refractivity contribution in [3.8, 4) is 11.1 Å². The molecule has 0 N–H and O–H groups in total. The highest BCUT2D eigenvalue weighted by atomic mass is 19.1. The molecule has 1 aromatic heterocycles. The van der Waals surface area contributed by atoms with E-state index in [-0.39, 0.29) is 17.2 Å². The second kappa shape index (κ2) is 5.77. The van der Waals surface area contributed by atoms with Crippen LogP contribution in [-0.4, -0.2) is 17.4 Å². The minimum absolute atomic E-state index is 0.0770. The molecule has 0 unspecified atom stereocenters. The highest BCUT2D eigenvalue weighted by molar-refractivity contribution is 5.92. The second-order valence-corrected chi connectivity index (χ2v) is 4.25. The van der Waals surface area contributed by atoms with E-state index in [1.54, 1.807) is 6.92 Å². The molecule has 0 aliphatic heterocycles. The molecule has 1 heterocycles. The van der Waals surface area contributed by atoms with E-state index in [1.807, 2.05) is 0 Å². The lowest BCUT2D eigenvalue weighted by Crippen LogP contribution is -2.29. The Morgan fingerprint density at radius 1 is 1.20 bits per heavy atom. The van der Waals surface area contributed by atoms with E-state index in [9.17, 15) is 13.6 Å². The summed E-state index contributed by atoms with van der Waals surface area (Å²) >= 11 is 0. The maximum absolute atomic E-state index is 14.6. The van der Waals surface area contributed by atoms with Gasteiger partial charge in [0.2, 0.25) is 5.91 Å². The standard InChI is InChI=1S/C15H14F2N2O/c1-3-19(10(2)20)13-5-4-12(16)14(15(13)17)11-6-8-18-9-7-11/h4-9H,3H2,1-2H3. The van der Waals surface area contributed by atoms with Crippen LogP contribution in [0.5, 0.6) is 0 Å². The second-order valence-electron chi connectivity index (χ2n) is 4.25. The molecule has 3 nitrogen and oxygen atoms in total. The summed E-state index contributed by atoms with van der Waals surface area (Å²) in [5, 5.41) is 0. The summed E-state index contributed by atoms with van der Waals surface area (Å²) in [7, 11) is 0. The van der Waals surface area contributed by atoms with Crippen molar-refractivity contribution in [1.82, 2.24) is 4.98 Å². The molecule has 2 aromatic rings. The van der Waals surface area contributed by atoms with E-state index < -0.39 is 11.6 Å². The zero-order valence-corrected chi connectivity index (χ0v) is 11.2. The van der Waals surface area contributed by atoms with Crippen LogP contribution in [0.15, 0.2) is 36.7 Å². The Morgan fingerprint density at radius 2 is 1.85 bits per heavy atom. The minimum Gasteiger partial charge on any atom is -0.310 e. The predicted molar refractivity (Wildman–Crippen MR) is 73.3 cm³/mol. The normalized spacial score (nSPS) is 10.4. The van der Waals surface area contributed by atoms with Crippen molar-refractivity contribution in [2.24, 2.45) is 0 Å². The Balaban J connectivity index is 2.62. The highest BCUT2D eigenvalue weighted by Gasteiger charge is 2.20. The van der Waals surface area contributed by atoms with E-state index in [4.69, 9.17) is 0 Å². The Morgan fingerprint density at radius 3 is 2.40 bits per heavy atom. The number of nitrogens with zero attached hydrogens (tertiary/aromatic N) is 2. The maximum Gasteiger partial charge on any atom is 0.223 e. The van der Waals surface area contributed by atoms with Crippen molar-refractivity contribution in [3.63, 3.8) is 0 Å². The van der Waals surface area contributed by atoms with Gasteiger partial charge in [-0.15, -0.1) is 0 Å². The molecule has 20 heavy (non-hydrogen) atoms. The van der Waals surface area contributed by atoms with Crippen LogP contribution >= 0.6 is 0 Å². The molecule has 0 bridgehead atoms. The number of carbonyl (C=O) groups excluding carboxylic acids is 1. The van der Waals surface area contributed by atoms with Crippen molar-refractivity contribution in [2.45, 2.75) is 13.8 Å². The van der Waals surface area contributed by atoms with Crippen LogP contribution in [0.1, 0.15) is 13.8 Å². The number of halogens is 2. The fourth-order valence-corrected chi connectivity index (χ4v) is 2.10. The fourth-order valence-electron chi connectivity index (χ4n) is 2.10. The number of rotatable bonds is 3. The number of pyridine rings is 1. The Bertz CT molecular complexity index is 629. The molecule has 5 heteroatoms. The topological polar surface area (TPSA) is 33.2 Å². The SMILES string of the molecule is CCN(C(C)=O)c1ccc(F)c(-c2ccncc2)c1F. The average Bonchev–Trinajstić information content (AvgIpc) is 2.43. The summed E-state index contributed by atoms with van der Waals surface area (Å²) in [6, 6.07) is 5.49. The molecular formula is C15H14F2N2O. The van der Waals surface area contributed by atoms with E-state index in [2.05, 4.69) is 4.98 Å². The zero-order valence-electron chi connectivity index (χ0n) is 11.2. The molecule has 104 valence electrons. The molecule has 1 aromatic carbocycles. The monoisotopic (exact) mass is 276 g/mol. The number of carbonyl (C=O) groups is 1. The van der Waals surface area contributed by atoms with E-state index in [0.29, 0.717) is 12.1 Å². The van der Waals surface area contributed by atoms with Crippen molar-refractivity contribution in [1.29, 1.82) is 0 Å². The van der Waals surface area contributed by atoms with E-state index in [0.717, 1.165) is 0 Å². The van der Waals surface area contributed by atoms with Crippen LogP contribution in [0, 0.1) is 11.6 Å². The minimum atomic E-state index is -0.742. The lowest BCUT2D eigenvalue weighted by Gasteiger charge is -2.21. The van der Waals surface area contributed by atoms with Gasteiger partial charge >= 0.3 is 0 Å². The first kappa shape index (κ1) is 14.1. The molecular weight excluding hydrogens is 262 g/mol. The summed E-state index contributed by atoms with van der Waals surface area (Å²) in [6.07, 6.45) is 2.92. The van der Waals surface area contributed by atoms with Gasteiger partial charge in [-0.2, -0.15) is 0 Å². The maximum atomic E-state index is 14.6. The summed E-state index contributed by atoms with van der Waals surface area (Å²) in [6.45, 7) is 3.39. The molecule has 0 spiro atoms. The van der Waals surface area contributed by atoms with Gasteiger partial charge in [0.25, 0.3) is 0 Å². The first-order valence-electron chi connectivity index (χ1n) is 6.22. The van der Waals surface area contributed by atoms with E-state index in [1.165, 1.54) is 48.5 Å². The molecule has 0 saturated carbocycles. The zero-order chi connectivity index (χ0) is 14.7. The van der Waals surface area contributed by atoms with Crippen molar-refractivity contribution >= 4 is 11.6 Å². The summed E-state index contributed by atoms with van der Waals surface area (Å²) < 4.78 is 28.5. The first-order valence-corrected chi connectivity index (χ1v) is 6.22. The van der Waals surface area contributed by atoms with Crippen LogP contribution < -0.4 is 4.90 Å². The molecule has 0 saturated heterocycles.